The molecule has 0 spiro atoms. The number of hydrogen-bond acceptors (Lipinski definition) is 10. The van der Waals surface area contributed by atoms with Crippen LogP contribution in [0, 0.1) is 0 Å². The molecule has 2 aliphatic rings. The molecule has 312 valence electrons. The van der Waals surface area contributed by atoms with Crippen molar-refractivity contribution >= 4 is 28.7 Å². The average molecular weight is 837 g/mol. The Morgan fingerprint density at radius 2 is 1.12 bits per heavy atom. The van der Waals surface area contributed by atoms with Gasteiger partial charge in [-0.2, -0.15) is 5.10 Å². The summed E-state index contributed by atoms with van der Waals surface area (Å²) in [5, 5.41) is 30.8. The minimum atomic E-state index is -4.75. The number of alkyl halides is 6. The minimum Gasteiger partial charge on any atom is -0.406 e. The maximum Gasteiger partial charge on any atom is 0.573 e. The molecule has 12 nitrogen and oxygen atoms in total. The lowest BCUT2D eigenvalue weighted by molar-refractivity contribution is -0.275. The number of nitrogens with two attached hydrogens (primary N) is 1. The predicted molar refractivity (Wildman–Crippen MR) is 206 cm³/mol. The van der Waals surface area contributed by atoms with Gasteiger partial charge in [0.25, 0.3) is 0 Å². The van der Waals surface area contributed by atoms with Crippen LogP contribution in [0.5, 0.6) is 11.5 Å². The van der Waals surface area contributed by atoms with E-state index < -0.39 is 12.7 Å². The van der Waals surface area contributed by atoms with E-state index in [9.17, 15) is 31.4 Å². The molecule has 58 heavy (non-hydrogen) atoms. The fourth-order valence-corrected chi connectivity index (χ4v) is 6.57. The van der Waals surface area contributed by atoms with Crippen molar-refractivity contribution in [2.45, 2.75) is 95.8 Å². The van der Waals surface area contributed by atoms with Crippen LogP contribution in [0.4, 0.5) is 32.2 Å². The summed E-state index contributed by atoms with van der Waals surface area (Å²) < 4.78 is 85.2. The second-order valence-corrected chi connectivity index (χ2v) is 14.0. The lowest BCUT2D eigenvalue weighted by Gasteiger charge is -2.26. The molecule has 0 atom stereocenters. The predicted octanol–water partition coefficient (Wildman–Crippen LogP) is 8.84. The summed E-state index contributed by atoms with van der Waals surface area (Å²) in [6.45, 7) is 0. The van der Waals surface area contributed by atoms with Crippen LogP contribution < -0.4 is 20.5 Å². The van der Waals surface area contributed by atoms with Crippen molar-refractivity contribution in [1.82, 2.24) is 29.2 Å². The van der Waals surface area contributed by atoms with Crippen LogP contribution in [-0.4, -0.2) is 76.4 Å². The summed E-state index contributed by atoms with van der Waals surface area (Å²) in [7, 11) is 0. The largest absolute Gasteiger partial charge is 0.573 e. The van der Waals surface area contributed by atoms with Gasteiger partial charge in [-0.25, -0.2) is 19.0 Å². The van der Waals surface area contributed by atoms with E-state index in [0.717, 1.165) is 51.4 Å². The Morgan fingerprint density at radius 1 is 0.655 bits per heavy atom. The smallest absolute Gasteiger partial charge is 0.406 e. The van der Waals surface area contributed by atoms with Crippen LogP contribution in [0.3, 0.4) is 0 Å². The standard InChI is InChI=1S/C19H19F3N4O2.C13H7ClF3N3O.C6H13NO.CH4/c20-19(21,22)28-15-3-1-2-12(10-15)16-11-23-18-9-8-17(25-26(16)18)24-13-4-6-14(27)7-5-13;14-11-4-5-12-18-7-10(20(12)19-11)8-2-1-3-9(6-8)21-13(15,16)17;7-5-1-3-6(8)4-2-5;/h1-3,8-11,13-14,27H,4-7H2,(H,24,25);1-7H;5-6,8H,1-4,7H2;1H4. The Morgan fingerprint density at radius 3 is 1.60 bits per heavy atom. The first kappa shape index (κ1) is 43.9. The Bertz CT molecular complexity index is 2230. The molecule has 0 aliphatic heterocycles. The fourth-order valence-electron chi connectivity index (χ4n) is 6.43. The Labute approximate surface area is 334 Å². The number of halogens is 7. The normalized spacial score (nSPS) is 19.6. The number of rotatable bonds is 6. The maximum atomic E-state index is 12.5. The number of nitrogens with one attached hydrogen (secondary N) is 1. The highest BCUT2D eigenvalue weighted by molar-refractivity contribution is 6.29. The van der Waals surface area contributed by atoms with Gasteiger partial charge in [-0.1, -0.05) is 43.3 Å². The van der Waals surface area contributed by atoms with Gasteiger partial charge in [0.05, 0.1) is 36.0 Å². The molecule has 0 saturated heterocycles. The fraction of sp³-hybridized carbons (Fsp3) is 0.385. The number of aliphatic hydroxyl groups excluding tert-OH is 2. The molecule has 0 bridgehead atoms. The molecule has 2 fully saturated rings. The SMILES string of the molecule is C.FC(F)(F)Oc1cccc(-c2cnc3ccc(Cl)nn23)c1.NC1CCC(O)CC1.OC1CCC(Nc2ccc3ncc(-c4cccc(OC(F)(F)F)c4)n3n2)CC1. The number of imidazole rings is 2. The third kappa shape index (κ3) is 12.4. The van der Waals surface area contributed by atoms with Crippen LogP contribution in [0.15, 0.2) is 85.2 Å². The first-order chi connectivity index (χ1) is 27.1. The Balaban J connectivity index is 0.000000188. The van der Waals surface area contributed by atoms with E-state index in [-0.39, 0.29) is 42.3 Å². The van der Waals surface area contributed by atoms with E-state index in [0.29, 0.717) is 45.7 Å². The van der Waals surface area contributed by atoms with Gasteiger partial charge in [-0.15, -0.1) is 31.4 Å². The molecule has 2 aliphatic carbocycles. The zero-order valence-electron chi connectivity index (χ0n) is 30.2. The Hall–Kier alpha value is -5.17. The van der Waals surface area contributed by atoms with Crippen molar-refractivity contribution in [2.24, 2.45) is 5.73 Å². The number of anilines is 1. The van der Waals surface area contributed by atoms with Gasteiger partial charge in [0.1, 0.15) is 22.5 Å². The van der Waals surface area contributed by atoms with Gasteiger partial charge in [0.15, 0.2) is 11.3 Å². The van der Waals surface area contributed by atoms with Gasteiger partial charge in [-0.3, -0.25) is 0 Å². The molecule has 0 radical (unpaired) electrons. The van der Waals surface area contributed by atoms with Crippen molar-refractivity contribution in [2.75, 3.05) is 5.32 Å². The van der Waals surface area contributed by atoms with Gasteiger partial charge in [0.2, 0.25) is 0 Å². The van der Waals surface area contributed by atoms with Crippen molar-refractivity contribution in [1.29, 1.82) is 0 Å². The zero-order valence-corrected chi connectivity index (χ0v) is 30.9. The average Bonchev–Trinajstić information content (AvgIpc) is 3.77. The van der Waals surface area contributed by atoms with Gasteiger partial charge >= 0.3 is 12.7 Å². The lowest BCUT2D eigenvalue weighted by Crippen LogP contribution is -2.28. The summed E-state index contributed by atoms with van der Waals surface area (Å²) in [5.74, 6) is 0.0443. The Kier molecular flexibility index (Phi) is 14.4. The van der Waals surface area contributed by atoms with Gasteiger partial charge in [0, 0.05) is 23.2 Å². The molecular formula is C39H43ClF6N8O4. The van der Waals surface area contributed by atoms with Crippen LogP contribution in [0.25, 0.3) is 33.8 Å². The van der Waals surface area contributed by atoms with Crippen LogP contribution in [0.1, 0.15) is 58.8 Å². The number of aromatic nitrogens is 6. The van der Waals surface area contributed by atoms with E-state index in [4.69, 9.17) is 22.4 Å². The number of fused-ring (bicyclic) bond motifs is 2. The first-order valence-corrected chi connectivity index (χ1v) is 18.4. The van der Waals surface area contributed by atoms with Crippen LogP contribution in [-0.2, 0) is 0 Å². The van der Waals surface area contributed by atoms with Crippen molar-refractivity contribution < 1.29 is 46.0 Å². The number of aliphatic hydroxyl groups is 2. The third-order valence-electron chi connectivity index (χ3n) is 9.21. The van der Waals surface area contributed by atoms with E-state index >= 15 is 0 Å². The molecule has 0 unspecified atom stereocenters. The summed E-state index contributed by atoms with van der Waals surface area (Å²) >= 11 is 5.82. The summed E-state index contributed by atoms with van der Waals surface area (Å²) in [6, 6.07) is 18.7. The molecule has 5 N–H and O–H groups in total. The van der Waals surface area contributed by atoms with E-state index in [1.807, 2.05) is 6.07 Å². The molecule has 8 rings (SSSR count). The van der Waals surface area contributed by atoms with Crippen LogP contribution in [0.2, 0.25) is 5.15 Å². The number of hydrogen-bond donors (Lipinski definition) is 4. The summed E-state index contributed by atoms with van der Waals surface area (Å²) in [5.41, 5.74) is 8.78. The third-order valence-corrected chi connectivity index (χ3v) is 9.41. The zero-order chi connectivity index (χ0) is 40.7. The van der Waals surface area contributed by atoms with Crippen molar-refractivity contribution in [3.8, 4) is 34.0 Å². The number of benzene rings is 2. The van der Waals surface area contributed by atoms with Crippen molar-refractivity contribution in [3.05, 3.63) is 90.3 Å². The lowest BCUT2D eigenvalue weighted by atomic mass is 9.93. The van der Waals surface area contributed by atoms with Gasteiger partial charge < -0.3 is 30.7 Å². The highest BCUT2D eigenvalue weighted by atomic mass is 35.5. The molecule has 0 amide bonds. The van der Waals surface area contributed by atoms with E-state index in [1.54, 1.807) is 41.0 Å². The quantitative estimate of drug-likeness (QED) is 0.120. The second-order valence-electron chi connectivity index (χ2n) is 13.6. The van der Waals surface area contributed by atoms with Crippen molar-refractivity contribution in [3.63, 3.8) is 0 Å². The summed E-state index contributed by atoms with van der Waals surface area (Å²) in [4.78, 5) is 8.39. The van der Waals surface area contributed by atoms with E-state index in [2.05, 4.69) is 35.0 Å². The highest BCUT2D eigenvalue weighted by Crippen LogP contribution is 2.30. The number of ether oxygens (including phenoxy) is 2. The molecule has 4 aromatic heterocycles. The first-order valence-electron chi connectivity index (χ1n) is 18.0. The van der Waals surface area contributed by atoms with E-state index in [1.165, 1.54) is 47.1 Å². The maximum absolute atomic E-state index is 12.5. The minimum absolute atomic E-state index is 0. The molecule has 2 saturated carbocycles. The van der Waals surface area contributed by atoms with Gasteiger partial charge in [-0.05, 0) is 99.9 Å². The molecule has 2 aromatic carbocycles. The number of nitrogens with zero attached hydrogens (tertiary/aromatic N) is 6. The summed E-state index contributed by atoms with van der Waals surface area (Å²) in [6.07, 6.45) is 0.315. The van der Waals surface area contributed by atoms with Crippen LogP contribution >= 0.6 is 11.6 Å². The molecular weight excluding hydrogens is 794 g/mol. The topological polar surface area (TPSA) is 157 Å². The highest BCUT2D eigenvalue weighted by Gasteiger charge is 2.32. The monoisotopic (exact) mass is 836 g/mol. The molecule has 19 heteroatoms. The molecule has 6 aromatic rings. The molecule has 4 heterocycles. The second kappa shape index (κ2) is 19.1.